The molecule has 0 spiro atoms. The number of likely N-dealkylation sites (tertiary alicyclic amines) is 1. The zero-order valence-electron chi connectivity index (χ0n) is 15.9. The number of aromatic nitrogens is 3. The zero-order chi connectivity index (χ0) is 19.2. The van der Waals surface area contributed by atoms with E-state index < -0.39 is 0 Å². The van der Waals surface area contributed by atoms with Crippen molar-refractivity contribution in [3.8, 4) is 0 Å². The molecular formula is C19H27N5O2S. The first-order valence-electron chi connectivity index (χ1n) is 9.45. The van der Waals surface area contributed by atoms with Crippen molar-refractivity contribution in [2.45, 2.75) is 56.2 Å². The van der Waals surface area contributed by atoms with E-state index in [9.17, 15) is 9.59 Å². The van der Waals surface area contributed by atoms with Gasteiger partial charge in [0.1, 0.15) is 0 Å². The van der Waals surface area contributed by atoms with Crippen molar-refractivity contribution in [3.05, 3.63) is 46.4 Å². The van der Waals surface area contributed by atoms with E-state index in [4.69, 9.17) is 0 Å². The second-order valence-electron chi connectivity index (χ2n) is 6.94. The van der Waals surface area contributed by atoms with Crippen LogP contribution in [0.15, 0.2) is 40.3 Å². The molecule has 27 heavy (non-hydrogen) atoms. The third-order valence-electron chi connectivity index (χ3n) is 4.69. The molecule has 0 bridgehead atoms. The van der Waals surface area contributed by atoms with Crippen LogP contribution in [0.3, 0.4) is 0 Å². The Morgan fingerprint density at radius 1 is 1.41 bits per heavy atom. The van der Waals surface area contributed by atoms with Crippen LogP contribution in [-0.4, -0.2) is 50.0 Å². The molecule has 1 amide bonds. The predicted molar refractivity (Wildman–Crippen MR) is 107 cm³/mol. The van der Waals surface area contributed by atoms with Crippen LogP contribution in [0, 0.1) is 0 Å². The van der Waals surface area contributed by atoms with Crippen molar-refractivity contribution in [1.29, 1.82) is 0 Å². The first-order valence-corrected chi connectivity index (χ1v) is 10.3. The summed E-state index contributed by atoms with van der Waals surface area (Å²) < 4.78 is 1.59. The molecule has 2 atom stereocenters. The largest absolute Gasteiger partial charge is 0.351 e. The molecule has 0 radical (unpaired) electrons. The maximum atomic E-state index is 12.6. The zero-order valence-corrected chi connectivity index (χ0v) is 16.7. The molecule has 1 aromatic heterocycles. The van der Waals surface area contributed by atoms with E-state index in [1.165, 1.54) is 17.3 Å². The van der Waals surface area contributed by atoms with Crippen LogP contribution < -0.4 is 11.0 Å². The number of carbonyl (C=O) groups excluding carboxylic acids is 1. The van der Waals surface area contributed by atoms with Crippen molar-refractivity contribution in [3.63, 3.8) is 0 Å². The lowest BCUT2D eigenvalue weighted by atomic mass is 10.2. The van der Waals surface area contributed by atoms with Gasteiger partial charge >= 0.3 is 5.69 Å². The van der Waals surface area contributed by atoms with Gasteiger partial charge in [0.05, 0.1) is 5.25 Å². The predicted octanol–water partition coefficient (Wildman–Crippen LogP) is 1.85. The van der Waals surface area contributed by atoms with Gasteiger partial charge in [-0.15, -0.1) is 5.10 Å². The van der Waals surface area contributed by atoms with Crippen molar-refractivity contribution >= 4 is 17.7 Å². The van der Waals surface area contributed by atoms with E-state index in [-0.39, 0.29) is 22.9 Å². The summed E-state index contributed by atoms with van der Waals surface area (Å²) in [6, 6.07) is 10.6. The fourth-order valence-electron chi connectivity index (χ4n) is 3.28. The Bertz CT molecular complexity index is 804. The molecule has 1 saturated heterocycles. The normalized spacial score (nSPS) is 18.5. The Hall–Kier alpha value is -2.06. The van der Waals surface area contributed by atoms with Crippen molar-refractivity contribution in [2.24, 2.45) is 0 Å². The van der Waals surface area contributed by atoms with Gasteiger partial charge in [-0.1, -0.05) is 49.0 Å². The molecule has 0 saturated carbocycles. The molecule has 1 aliphatic heterocycles. The smallest absolute Gasteiger partial charge is 0.343 e. The maximum Gasteiger partial charge on any atom is 0.343 e. The highest BCUT2D eigenvalue weighted by Gasteiger charge is 2.26. The molecule has 7 nitrogen and oxygen atoms in total. The minimum absolute atomic E-state index is 0.00921. The van der Waals surface area contributed by atoms with Crippen LogP contribution in [-0.2, 0) is 17.9 Å². The quantitative estimate of drug-likeness (QED) is 0.674. The highest BCUT2D eigenvalue weighted by Crippen LogP contribution is 2.21. The molecule has 2 heterocycles. The third-order valence-corrected chi connectivity index (χ3v) is 5.78. The summed E-state index contributed by atoms with van der Waals surface area (Å²) in [5.74, 6) is -0.00921. The molecule has 146 valence electrons. The third kappa shape index (κ3) is 5.23. The van der Waals surface area contributed by atoms with E-state index in [0.717, 1.165) is 32.5 Å². The summed E-state index contributed by atoms with van der Waals surface area (Å²) in [6.45, 7) is 7.21. The van der Waals surface area contributed by atoms with Crippen molar-refractivity contribution < 1.29 is 4.79 Å². The summed E-state index contributed by atoms with van der Waals surface area (Å²) in [6.07, 6.45) is 1.80. The lowest BCUT2D eigenvalue weighted by Crippen LogP contribution is -2.41. The highest BCUT2D eigenvalue weighted by atomic mass is 32.2. The van der Waals surface area contributed by atoms with Crippen LogP contribution in [0.5, 0.6) is 0 Å². The molecule has 2 unspecified atom stereocenters. The number of hydrogen-bond acceptors (Lipinski definition) is 5. The van der Waals surface area contributed by atoms with Crippen molar-refractivity contribution in [1.82, 2.24) is 25.0 Å². The number of nitrogens with one attached hydrogen (secondary N) is 2. The molecular weight excluding hydrogens is 362 g/mol. The minimum Gasteiger partial charge on any atom is -0.351 e. The molecule has 2 aromatic rings. The fourth-order valence-corrected chi connectivity index (χ4v) is 4.17. The summed E-state index contributed by atoms with van der Waals surface area (Å²) in [5, 5.41) is 9.92. The van der Waals surface area contributed by atoms with E-state index in [1.807, 2.05) is 19.9 Å². The highest BCUT2D eigenvalue weighted by molar-refractivity contribution is 8.00. The van der Waals surface area contributed by atoms with Gasteiger partial charge in [-0.2, -0.15) is 0 Å². The van der Waals surface area contributed by atoms with Gasteiger partial charge in [-0.05, 0) is 25.3 Å². The summed E-state index contributed by atoms with van der Waals surface area (Å²) in [4.78, 5) is 26.7. The number of benzene rings is 1. The lowest BCUT2D eigenvalue weighted by molar-refractivity contribution is -0.120. The Balaban J connectivity index is 1.49. The minimum atomic E-state index is -0.307. The number of nitrogens with zero attached hydrogens (tertiary/aromatic N) is 3. The van der Waals surface area contributed by atoms with Gasteiger partial charge in [0.25, 0.3) is 0 Å². The van der Waals surface area contributed by atoms with E-state index >= 15 is 0 Å². The molecule has 1 aromatic carbocycles. The number of H-pyrrole nitrogens is 1. The monoisotopic (exact) mass is 389 g/mol. The van der Waals surface area contributed by atoms with Crippen LogP contribution in [0.2, 0.25) is 0 Å². The second-order valence-corrected chi connectivity index (χ2v) is 8.25. The lowest BCUT2D eigenvalue weighted by Gasteiger charge is -2.18. The Kier molecular flexibility index (Phi) is 6.73. The van der Waals surface area contributed by atoms with Crippen LogP contribution >= 0.6 is 11.8 Å². The first kappa shape index (κ1) is 19.7. The SMILES string of the molecule is CCCn1c(SC(C)C(=O)NC2CCN(Cc3ccccc3)C2)n[nH]c1=O. The number of carbonyl (C=O) groups is 1. The number of aromatic amines is 1. The Morgan fingerprint density at radius 3 is 2.93 bits per heavy atom. The topological polar surface area (TPSA) is 83.0 Å². The fraction of sp³-hybridized carbons (Fsp3) is 0.526. The van der Waals surface area contributed by atoms with Gasteiger partial charge < -0.3 is 5.32 Å². The molecule has 1 aliphatic rings. The van der Waals surface area contributed by atoms with Crippen LogP contribution in [0.25, 0.3) is 0 Å². The van der Waals surface area contributed by atoms with Gasteiger partial charge in [-0.3, -0.25) is 14.3 Å². The Labute approximate surface area is 163 Å². The molecule has 0 aliphatic carbocycles. The number of amides is 1. The van der Waals surface area contributed by atoms with Crippen molar-refractivity contribution in [2.75, 3.05) is 13.1 Å². The molecule has 8 heteroatoms. The van der Waals surface area contributed by atoms with E-state index in [2.05, 4.69) is 44.7 Å². The maximum absolute atomic E-state index is 12.6. The molecule has 2 N–H and O–H groups in total. The van der Waals surface area contributed by atoms with Crippen LogP contribution in [0.4, 0.5) is 0 Å². The van der Waals surface area contributed by atoms with Crippen LogP contribution in [0.1, 0.15) is 32.3 Å². The van der Waals surface area contributed by atoms with Gasteiger partial charge in [0, 0.05) is 32.2 Å². The Morgan fingerprint density at radius 2 is 2.19 bits per heavy atom. The number of hydrogen-bond donors (Lipinski definition) is 2. The summed E-state index contributed by atoms with van der Waals surface area (Å²) in [5.41, 5.74) is 1.07. The van der Waals surface area contributed by atoms with E-state index in [0.29, 0.717) is 11.7 Å². The standard InChI is InChI=1S/C19H27N5O2S/c1-3-10-24-18(26)21-22-19(24)27-14(2)17(25)20-16-9-11-23(13-16)12-15-7-5-4-6-8-15/h4-8,14,16H,3,9-13H2,1-2H3,(H,20,25)(H,21,26). The van der Waals surface area contributed by atoms with Gasteiger partial charge in [0.2, 0.25) is 5.91 Å². The summed E-state index contributed by atoms with van der Waals surface area (Å²) >= 11 is 1.32. The average Bonchev–Trinajstić information content (AvgIpc) is 3.24. The summed E-state index contributed by atoms with van der Waals surface area (Å²) in [7, 11) is 0. The number of rotatable bonds is 8. The first-order chi connectivity index (χ1) is 13.1. The number of thioether (sulfide) groups is 1. The van der Waals surface area contributed by atoms with Gasteiger partial charge in [0.15, 0.2) is 5.16 Å². The molecule has 1 fully saturated rings. The average molecular weight is 390 g/mol. The second kappa shape index (κ2) is 9.23. The van der Waals surface area contributed by atoms with E-state index in [1.54, 1.807) is 4.57 Å². The van der Waals surface area contributed by atoms with Gasteiger partial charge in [-0.25, -0.2) is 9.89 Å². The molecule has 3 rings (SSSR count).